The zero-order valence-corrected chi connectivity index (χ0v) is 13.5. The molecule has 1 rings (SSSR count). The van der Waals surface area contributed by atoms with Gasteiger partial charge in [-0.05, 0) is 0 Å². The van der Waals surface area contributed by atoms with Crippen LogP contribution in [0.15, 0.2) is 5.16 Å². The molecule has 14 heteroatoms. The Morgan fingerprint density at radius 3 is 2.04 bits per heavy atom. The Morgan fingerprint density at radius 1 is 1.25 bits per heavy atom. The Balaban J connectivity index is 0.000000640. The van der Waals surface area contributed by atoms with Crippen molar-refractivity contribution < 1.29 is 44.1 Å². The third kappa shape index (κ3) is 13.7. The van der Waals surface area contributed by atoms with Crippen LogP contribution in [-0.2, 0) is 14.4 Å². The molecule has 24 heavy (non-hydrogen) atoms. The second kappa shape index (κ2) is 7.31. The van der Waals surface area contributed by atoms with E-state index in [0.717, 1.165) is 0 Å². The molecule has 0 aliphatic carbocycles. The first-order chi connectivity index (χ1) is 10.6. The summed E-state index contributed by atoms with van der Waals surface area (Å²) in [6.07, 6.45) is 0.354. The molecule has 0 atom stereocenters. The summed E-state index contributed by atoms with van der Waals surface area (Å²) in [6.45, 7) is 2.60. The van der Waals surface area contributed by atoms with E-state index in [9.17, 15) is 30.0 Å². The fourth-order valence-electron chi connectivity index (χ4n) is 1.34. The van der Waals surface area contributed by atoms with Crippen molar-refractivity contribution in [1.29, 1.82) is 5.26 Å². The SMILES string of the molecule is C[N+](C)=C(O/N=C(\C#N)C=O)N1CCOCC1.F[P-](F)(F)(F)(F)F. The molecule has 1 fully saturated rings. The standard InChI is InChI=1S/C10H15N4O3.F6P/c1-13(2)10(14-3-5-16-6-4-14)17-12-9(7-11)8-15;1-7(2,3,4,5)6/h8H,3-6H2,1-2H3;/q+1;-1/b12-9+;. The fourth-order valence-corrected chi connectivity index (χ4v) is 1.34. The molecular weight excluding hydrogens is 369 g/mol. The predicted octanol–water partition coefficient (Wildman–Crippen LogP) is 2.42. The molecule has 0 aromatic carbocycles. The summed E-state index contributed by atoms with van der Waals surface area (Å²) in [7, 11) is -7.06. The summed E-state index contributed by atoms with van der Waals surface area (Å²) in [5.41, 5.74) is -0.294. The summed E-state index contributed by atoms with van der Waals surface area (Å²) in [5.74, 6) is 0. The number of rotatable bonds is 2. The minimum atomic E-state index is -10.7. The minimum absolute atomic E-state index is 0.294. The average Bonchev–Trinajstić information content (AvgIpc) is 2.41. The van der Waals surface area contributed by atoms with Crippen molar-refractivity contribution >= 4 is 25.8 Å². The molecule has 0 amide bonds. The zero-order valence-electron chi connectivity index (χ0n) is 12.6. The number of ether oxygens (including phenoxy) is 1. The third-order valence-corrected chi connectivity index (χ3v) is 2.12. The van der Waals surface area contributed by atoms with E-state index in [-0.39, 0.29) is 5.71 Å². The van der Waals surface area contributed by atoms with Crippen LogP contribution in [0.5, 0.6) is 0 Å². The molecular formula is C10H15F6N4O3P. The van der Waals surface area contributed by atoms with Crippen LogP contribution < -0.4 is 0 Å². The molecule has 0 N–H and O–H groups in total. The zero-order chi connectivity index (χ0) is 19.1. The van der Waals surface area contributed by atoms with Crippen molar-refractivity contribution in [3.05, 3.63) is 0 Å². The van der Waals surface area contributed by atoms with E-state index in [2.05, 4.69) is 5.16 Å². The molecule has 1 heterocycles. The third-order valence-electron chi connectivity index (χ3n) is 2.12. The molecule has 0 unspecified atom stereocenters. The summed E-state index contributed by atoms with van der Waals surface area (Å²) in [5, 5.41) is 12.0. The van der Waals surface area contributed by atoms with Crippen molar-refractivity contribution in [3.8, 4) is 6.07 Å². The summed E-state index contributed by atoms with van der Waals surface area (Å²) in [4.78, 5) is 17.5. The van der Waals surface area contributed by atoms with Gasteiger partial charge in [0, 0.05) is 0 Å². The number of hydrogen-bond donors (Lipinski definition) is 0. The number of nitriles is 1. The van der Waals surface area contributed by atoms with Crippen molar-refractivity contribution in [2.24, 2.45) is 5.16 Å². The average molecular weight is 384 g/mol. The van der Waals surface area contributed by atoms with Gasteiger partial charge in [-0.2, -0.15) is 5.26 Å². The van der Waals surface area contributed by atoms with Crippen molar-refractivity contribution in [2.75, 3.05) is 40.4 Å². The van der Waals surface area contributed by atoms with Crippen LogP contribution in [0.3, 0.4) is 0 Å². The Hall–Kier alpha value is -1.93. The first kappa shape index (κ1) is 22.1. The van der Waals surface area contributed by atoms with Gasteiger partial charge in [0.1, 0.15) is 19.2 Å². The van der Waals surface area contributed by atoms with E-state index in [1.807, 2.05) is 4.90 Å². The van der Waals surface area contributed by atoms with Crippen LogP contribution in [-0.4, -0.2) is 67.9 Å². The van der Waals surface area contributed by atoms with E-state index in [4.69, 9.17) is 14.8 Å². The Labute approximate surface area is 133 Å². The van der Waals surface area contributed by atoms with Crippen LogP contribution in [0.4, 0.5) is 25.2 Å². The van der Waals surface area contributed by atoms with Gasteiger partial charge in [0.15, 0.2) is 6.29 Å². The maximum absolute atomic E-state index is 10.7. The van der Waals surface area contributed by atoms with Gasteiger partial charge < -0.3 is 4.74 Å². The van der Waals surface area contributed by atoms with E-state index >= 15 is 0 Å². The van der Waals surface area contributed by atoms with Gasteiger partial charge in [0.25, 0.3) is 0 Å². The molecule has 0 radical (unpaired) electrons. The fraction of sp³-hybridized carbons (Fsp3) is 0.600. The molecule has 0 spiro atoms. The normalized spacial score (nSPS) is 18.1. The van der Waals surface area contributed by atoms with E-state index < -0.39 is 7.81 Å². The van der Waals surface area contributed by atoms with Crippen LogP contribution in [0.2, 0.25) is 0 Å². The maximum atomic E-state index is 10.4. The molecule has 1 aliphatic heterocycles. The number of carbonyl (C=O) groups excluding carboxylic acids is 1. The van der Waals surface area contributed by atoms with Gasteiger partial charge in [-0.3, -0.25) is 9.63 Å². The van der Waals surface area contributed by atoms with Crippen LogP contribution in [0, 0.1) is 11.3 Å². The molecule has 0 aromatic rings. The molecule has 0 bridgehead atoms. The number of carbonyl (C=O) groups is 1. The van der Waals surface area contributed by atoms with Gasteiger partial charge in [-0.25, -0.2) is 9.48 Å². The van der Waals surface area contributed by atoms with E-state index in [1.54, 1.807) is 24.7 Å². The summed E-state index contributed by atoms with van der Waals surface area (Å²) in [6, 6.07) is 2.12. The number of amidine groups is 1. The molecule has 0 saturated carbocycles. The van der Waals surface area contributed by atoms with Gasteiger partial charge in [0.05, 0.1) is 27.3 Å². The molecule has 7 nitrogen and oxygen atoms in total. The van der Waals surface area contributed by atoms with Gasteiger partial charge in [-0.15, -0.1) is 0 Å². The van der Waals surface area contributed by atoms with Crippen molar-refractivity contribution in [2.45, 2.75) is 0 Å². The predicted molar refractivity (Wildman–Crippen MR) is 73.3 cm³/mol. The second-order valence-electron chi connectivity index (χ2n) is 4.53. The van der Waals surface area contributed by atoms with Gasteiger partial charge in [0.2, 0.25) is 5.71 Å². The van der Waals surface area contributed by atoms with Crippen molar-refractivity contribution in [1.82, 2.24) is 4.90 Å². The molecule has 1 aliphatic rings. The summed E-state index contributed by atoms with van der Waals surface area (Å²) >= 11 is 0. The number of nitrogens with zero attached hydrogens (tertiary/aromatic N) is 4. The van der Waals surface area contributed by atoms with Crippen molar-refractivity contribution in [3.63, 3.8) is 0 Å². The van der Waals surface area contributed by atoms with Gasteiger partial charge in [-0.1, -0.05) is 5.16 Å². The molecule has 0 aromatic heterocycles. The van der Waals surface area contributed by atoms with Gasteiger partial charge >= 0.3 is 39.0 Å². The van der Waals surface area contributed by atoms with Crippen LogP contribution in [0.1, 0.15) is 0 Å². The van der Waals surface area contributed by atoms with E-state index in [1.165, 1.54) is 0 Å². The Morgan fingerprint density at radius 2 is 1.71 bits per heavy atom. The topological polar surface area (TPSA) is 77.9 Å². The first-order valence-corrected chi connectivity index (χ1v) is 8.20. The number of oxime groups is 1. The Bertz CT molecular complexity index is 547. The summed E-state index contributed by atoms with van der Waals surface area (Å²) < 4.78 is 66.1. The second-order valence-corrected chi connectivity index (χ2v) is 6.45. The molecule has 140 valence electrons. The Kier molecular flexibility index (Phi) is 6.72. The monoisotopic (exact) mass is 384 g/mol. The number of halogens is 6. The van der Waals surface area contributed by atoms with Crippen LogP contribution >= 0.6 is 7.81 Å². The van der Waals surface area contributed by atoms with Crippen LogP contribution in [0.25, 0.3) is 0 Å². The number of hydrogen-bond acceptors (Lipinski definition) is 5. The number of morpholine rings is 1. The molecule has 1 saturated heterocycles. The number of aldehydes is 1. The van der Waals surface area contributed by atoms with E-state index in [0.29, 0.717) is 38.6 Å². The quantitative estimate of drug-likeness (QED) is 0.139. The first-order valence-electron chi connectivity index (χ1n) is 6.17.